The van der Waals surface area contributed by atoms with Crippen molar-refractivity contribution in [2.45, 2.75) is 38.0 Å². The number of nitrogens with zero attached hydrogens (tertiary/aromatic N) is 2. The molecule has 1 amide bonds. The van der Waals surface area contributed by atoms with Crippen LogP contribution in [0, 0.1) is 0 Å². The van der Waals surface area contributed by atoms with E-state index in [2.05, 4.69) is 21.6 Å². The number of aromatic nitrogens is 2. The smallest absolute Gasteiger partial charge is 0.257 e. The summed E-state index contributed by atoms with van der Waals surface area (Å²) in [5.41, 5.74) is 3.41. The summed E-state index contributed by atoms with van der Waals surface area (Å²) in [6, 6.07) is 6.00. The maximum absolute atomic E-state index is 12.2. The maximum Gasteiger partial charge on any atom is 0.257 e. The first-order valence-corrected chi connectivity index (χ1v) is 7.88. The minimum absolute atomic E-state index is 0.0850. The zero-order valence-corrected chi connectivity index (χ0v) is 11.9. The van der Waals surface area contributed by atoms with Crippen molar-refractivity contribution in [3.63, 3.8) is 0 Å². The quantitative estimate of drug-likeness (QED) is 0.942. The average molecular weight is 285 g/mol. The topological polar surface area (TPSA) is 54.9 Å². The molecule has 0 radical (unpaired) electrons. The summed E-state index contributed by atoms with van der Waals surface area (Å²) in [4.78, 5) is 12.2. The van der Waals surface area contributed by atoms with Crippen LogP contribution < -0.4 is 5.32 Å². The Bertz CT molecular complexity index is 676. The summed E-state index contributed by atoms with van der Waals surface area (Å²) in [5, 5.41) is 12.7. The van der Waals surface area contributed by atoms with E-state index in [4.69, 9.17) is 0 Å². The Morgan fingerprint density at radius 1 is 1.20 bits per heavy atom. The molecular weight excluding hydrogens is 270 g/mol. The zero-order chi connectivity index (χ0) is 13.5. The number of fused-ring (bicyclic) bond motifs is 1. The van der Waals surface area contributed by atoms with Crippen molar-refractivity contribution in [2.24, 2.45) is 0 Å². The Balaban J connectivity index is 1.51. The second-order valence-electron chi connectivity index (χ2n) is 5.51. The molecule has 1 aromatic carbocycles. The number of benzene rings is 1. The molecule has 0 aliphatic heterocycles. The highest BCUT2D eigenvalue weighted by Crippen LogP contribution is 2.42. The van der Waals surface area contributed by atoms with E-state index in [0.717, 1.165) is 17.8 Å². The van der Waals surface area contributed by atoms with E-state index in [9.17, 15) is 4.79 Å². The molecule has 102 valence electrons. The van der Waals surface area contributed by atoms with Gasteiger partial charge in [0.15, 0.2) is 0 Å². The van der Waals surface area contributed by atoms with Crippen molar-refractivity contribution in [2.75, 3.05) is 5.32 Å². The van der Waals surface area contributed by atoms with Gasteiger partial charge < -0.3 is 0 Å². The Morgan fingerprint density at radius 2 is 2.05 bits per heavy atom. The fraction of sp³-hybridized carbons (Fsp3) is 0.400. The molecule has 2 aliphatic carbocycles. The summed E-state index contributed by atoms with van der Waals surface area (Å²) >= 11 is 1.50. The van der Waals surface area contributed by atoms with Gasteiger partial charge in [-0.2, -0.15) is 0 Å². The number of nitrogens with one attached hydrogen (secondary N) is 1. The van der Waals surface area contributed by atoms with Gasteiger partial charge in [0.25, 0.3) is 5.91 Å². The van der Waals surface area contributed by atoms with Crippen molar-refractivity contribution in [1.82, 2.24) is 10.2 Å². The Hall–Kier alpha value is -1.75. The number of hydrogen-bond acceptors (Lipinski definition) is 4. The molecule has 5 heteroatoms. The number of rotatable bonds is 3. The first-order valence-electron chi connectivity index (χ1n) is 7.06. The van der Waals surface area contributed by atoms with E-state index in [1.165, 1.54) is 41.7 Å². The summed E-state index contributed by atoms with van der Waals surface area (Å²) < 4.78 is 0. The Morgan fingerprint density at radius 3 is 2.90 bits per heavy atom. The third-order valence-corrected chi connectivity index (χ3v) is 4.95. The standard InChI is InChI=1S/C15H15N3OS/c19-13(12-7-4-9-2-1-3-11(9)8-12)16-15-18-17-14(20-15)10-5-6-10/h4,7-8,10H,1-3,5-6H2,(H,16,18,19). The predicted octanol–water partition coefficient (Wildman–Crippen LogP) is 3.16. The van der Waals surface area contributed by atoms with Crippen LogP contribution in [0.15, 0.2) is 18.2 Å². The molecule has 0 saturated heterocycles. The van der Waals surface area contributed by atoms with Gasteiger partial charge in [-0.05, 0) is 55.4 Å². The van der Waals surface area contributed by atoms with Crippen LogP contribution in [-0.4, -0.2) is 16.1 Å². The van der Waals surface area contributed by atoms with Gasteiger partial charge in [0, 0.05) is 11.5 Å². The normalized spacial score (nSPS) is 17.0. The highest BCUT2D eigenvalue weighted by molar-refractivity contribution is 7.15. The van der Waals surface area contributed by atoms with Gasteiger partial charge in [-0.3, -0.25) is 10.1 Å². The van der Waals surface area contributed by atoms with E-state index < -0.39 is 0 Å². The molecule has 0 bridgehead atoms. The zero-order valence-electron chi connectivity index (χ0n) is 11.1. The molecule has 1 saturated carbocycles. The van der Waals surface area contributed by atoms with E-state index in [-0.39, 0.29) is 5.91 Å². The third-order valence-electron chi connectivity index (χ3n) is 3.95. The lowest BCUT2D eigenvalue weighted by Crippen LogP contribution is -2.12. The first-order chi connectivity index (χ1) is 9.79. The number of hydrogen-bond donors (Lipinski definition) is 1. The second kappa shape index (κ2) is 4.66. The van der Waals surface area contributed by atoms with Crippen LogP contribution in [0.4, 0.5) is 5.13 Å². The number of amides is 1. The minimum Gasteiger partial charge on any atom is -0.296 e. The van der Waals surface area contributed by atoms with Crippen LogP contribution in [0.2, 0.25) is 0 Å². The van der Waals surface area contributed by atoms with Crippen molar-refractivity contribution in [1.29, 1.82) is 0 Å². The molecule has 1 aromatic heterocycles. The molecule has 2 aliphatic rings. The molecule has 20 heavy (non-hydrogen) atoms. The molecule has 2 aromatic rings. The van der Waals surface area contributed by atoms with E-state index >= 15 is 0 Å². The predicted molar refractivity (Wildman–Crippen MR) is 78.3 cm³/mol. The van der Waals surface area contributed by atoms with Crippen LogP contribution in [0.1, 0.15) is 51.7 Å². The highest BCUT2D eigenvalue weighted by atomic mass is 32.1. The maximum atomic E-state index is 12.2. The molecule has 0 atom stereocenters. The second-order valence-corrected chi connectivity index (χ2v) is 6.52. The SMILES string of the molecule is O=C(Nc1nnc(C2CC2)s1)c1ccc2c(c1)CCC2. The van der Waals surface area contributed by atoms with Gasteiger partial charge in [0.1, 0.15) is 5.01 Å². The first kappa shape index (κ1) is 12.0. The molecule has 1 N–H and O–H groups in total. The Kier molecular flexibility index (Phi) is 2.80. The Labute approximate surface area is 121 Å². The number of anilines is 1. The van der Waals surface area contributed by atoms with Gasteiger partial charge in [-0.15, -0.1) is 10.2 Å². The van der Waals surface area contributed by atoms with Crippen LogP contribution in [0.5, 0.6) is 0 Å². The van der Waals surface area contributed by atoms with Crippen LogP contribution in [0.3, 0.4) is 0 Å². The fourth-order valence-corrected chi connectivity index (χ4v) is 3.57. The molecule has 1 fully saturated rings. The third kappa shape index (κ3) is 2.22. The average Bonchev–Trinajstić information content (AvgIpc) is 3.02. The van der Waals surface area contributed by atoms with Gasteiger partial charge >= 0.3 is 0 Å². The van der Waals surface area contributed by atoms with E-state index in [1.807, 2.05) is 12.1 Å². The molecule has 4 nitrogen and oxygen atoms in total. The summed E-state index contributed by atoms with van der Waals surface area (Å²) in [7, 11) is 0. The molecule has 4 rings (SSSR count). The van der Waals surface area contributed by atoms with E-state index in [1.54, 1.807) is 0 Å². The van der Waals surface area contributed by atoms with Crippen molar-refractivity contribution in [3.05, 3.63) is 39.9 Å². The van der Waals surface area contributed by atoms with Crippen LogP contribution in [-0.2, 0) is 12.8 Å². The molecular formula is C15H15N3OS. The van der Waals surface area contributed by atoms with E-state index in [0.29, 0.717) is 16.6 Å². The molecule has 0 unspecified atom stereocenters. The van der Waals surface area contributed by atoms with Gasteiger partial charge in [0.05, 0.1) is 0 Å². The number of aryl methyl sites for hydroxylation is 2. The van der Waals surface area contributed by atoms with Crippen molar-refractivity contribution < 1.29 is 4.79 Å². The van der Waals surface area contributed by atoms with Crippen molar-refractivity contribution >= 4 is 22.4 Å². The summed E-state index contributed by atoms with van der Waals surface area (Å²) in [6.07, 6.45) is 5.82. The highest BCUT2D eigenvalue weighted by Gasteiger charge is 2.27. The largest absolute Gasteiger partial charge is 0.296 e. The van der Waals surface area contributed by atoms with Crippen LogP contribution >= 0.6 is 11.3 Å². The summed E-state index contributed by atoms with van der Waals surface area (Å²) in [6.45, 7) is 0. The minimum atomic E-state index is -0.0850. The van der Waals surface area contributed by atoms with Crippen LogP contribution in [0.25, 0.3) is 0 Å². The molecule has 1 heterocycles. The number of carbonyl (C=O) groups excluding carboxylic acids is 1. The van der Waals surface area contributed by atoms with Gasteiger partial charge in [-0.1, -0.05) is 17.4 Å². The summed E-state index contributed by atoms with van der Waals surface area (Å²) in [5.74, 6) is 0.497. The lowest BCUT2D eigenvalue weighted by atomic mass is 10.1. The van der Waals surface area contributed by atoms with Crippen molar-refractivity contribution in [3.8, 4) is 0 Å². The van der Waals surface area contributed by atoms with Gasteiger partial charge in [0.2, 0.25) is 5.13 Å². The monoisotopic (exact) mass is 285 g/mol. The lowest BCUT2D eigenvalue weighted by molar-refractivity contribution is 0.102. The lowest BCUT2D eigenvalue weighted by Gasteiger charge is -2.04. The molecule has 0 spiro atoms. The number of carbonyl (C=O) groups is 1. The fourth-order valence-electron chi connectivity index (χ4n) is 2.66. The van der Waals surface area contributed by atoms with Gasteiger partial charge in [-0.25, -0.2) is 0 Å².